The van der Waals surface area contributed by atoms with E-state index in [9.17, 15) is 0 Å². The number of aromatic nitrogens is 2. The van der Waals surface area contributed by atoms with E-state index in [-0.39, 0.29) is 11.7 Å². The zero-order chi connectivity index (χ0) is 14.7. The summed E-state index contributed by atoms with van der Waals surface area (Å²) in [5.74, 6) is 2.02. The molecule has 3 rings (SSSR count). The molecule has 1 aliphatic heterocycles. The van der Waals surface area contributed by atoms with Crippen molar-refractivity contribution in [2.75, 3.05) is 18.4 Å². The van der Waals surface area contributed by atoms with Gasteiger partial charge in [0.2, 0.25) is 0 Å². The summed E-state index contributed by atoms with van der Waals surface area (Å²) in [6.45, 7) is 3.72. The average Bonchev–Trinajstić information content (AvgIpc) is 3.08. The number of anilines is 1. The Bertz CT molecular complexity index is 536. The summed E-state index contributed by atoms with van der Waals surface area (Å²) in [4.78, 5) is 4.63. The number of nitrogens with zero attached hydrogens (tertiary/aromatic N) is 3. The summed E-state index contributed by atoms with van der Waals surface area (Å²) < 4.78 is 2.02. The summed E-state index contributed by atoms with van der Waals surface area (Å²) in [7, 11) is 0. The van der Waals surface area contributed by atoms with Gasteiger partial charge in [-0.3, -0.25) is 10.3 Å². The minimum Gasteiger partial charge on any atom is -0.330 e. The molecule has 0 saturated heterocycles. The van der Waals surface area contributed by atoms with E-state index in [0.29, 0.717) is 6.54 Å². The topological polar surface area (TPSA) is 80.3 Å². The minimum atomic E-state index is 0.119. The largest absolute Gasteiger partial charge is 0.330 e. The van der Waals surface area contributed by atoms with E-state index in [2.05, 4.69) is 39.8 Å². The van der Waals surface area contributed by atoms with Crippen molar-refractivity contribution >= 4 is 11.7 Å². The van der Waals surface area contributed by atoms with E-state index in [1.807, 2.05) is 16.9 Å². The molecule has 1 aromatic rings. The number of fused-ring (bicyclic) bond motifs is 1. The van der Waals surface area contributed by atoms with Crippen molar-refractivity contribution in [2.45, 2.75) is 44.3 Å². The molecule has 0 amide bonds. The van der Waals surface area contributed by atoms with Crippen LogP contribution in [0.2, 0.25) is 0 Å². The Morgan fingerprint density at radius 2 is 2.33 bits per heavy atom. The summed E-state index contributed by atoms with van der Waals surface area (Å²) in [6.07, 6.45) is 10.3. The van der Waals surface area contributed by atoms with Crippen LogP contribution >= 0.6 is 0 Å². The Morgan fingerprint density at radius 3 is 3.10 bits per heavy atom. The first kappa shape index (κ1) is 14.3. The molecule has 2 aliphatic rings. The second-order valence-electron chi connectivity index (χ2n) is 6.06. The van der Waals surface area contributed by atoms with Gasteiger partial charge >= 0.3 is 0 Å². The minimum absolute atomic E-state index is 0.119. The first-order valence-corrected chi connectivity index (χ1v) is 7.67. The normalized spacial score (nSPS) is 25.0. The van der Waals surface area contributed by atoms with Crippen LogP contribution in [-0.2, 0) is 0 Å². The van der Waals surface area contributed by atoms with E-state index in [4.69, 9.17) is 5.73 Å². The Kier molecular flexibility index (Phi) is 4.07. The van der Waals surface area contributed by atoms with Gasteiger partial charge in [-0.1, -0.05) is 12.2 Å². The van der Waals surface area contributed by atoms with Crippen LogP contribution in [0.25, 0.3) is 0 Å². The van der Waals surface area contributed by atoms with Crippen molar-refractivity contribution in [2.24, 2.45) is 10.7 Å². The molecular formula is C15H24N6. The van der Waals surface area contributed by atoms with Crippen molar-refractivity contribution < 1.29 is 0 Å². The van der Waals surface area contributed by atoms with Crippen LogP contribution in [0.1, 0.15) is 38.8 Å². The van der Waals surface area contributed by atoms with Crippen LogP contribution in [0.5, 0.6) is 0 Å². The van der Waals surface area contributed by atoms with Crippen molar-refractivity contribution in [1.29, 1.82) is 0 Å². The van der Waals surface area contributed by atoms with Crippen molar-refractivity contribution in [3.8, 4) is 0 Å². The lowest BCUT2D eigenvalue weighted by atomic mass is 9.98. The fourth-order valence-corrected chi connectivity index (χ4v) is 2.94. The SMILES string of the molecule is CC1(NC2CC(=NCCCN)Nc3ccnn32)CC=CC1. The van der Waals surface area contributed by atoms with Gasteiger partial charge in [0.25, 0.3) is 0 Å². The van der Waals surface area contributed by atoms with Gasteiger partial charge in [0.05, 0.1) is 6.20 Å². The number of aliphatic imine (C=N–C) groups is 1. The lowest BCUT2D eigenvalue weighted by molar-refractivity contribution is 0.261. The smallest absolute Gasteiger partial charge is 0.131 e. The predicted molar refractivity (Wildman–Crippen MR) is 85.4 cm³/mol. The van der Waals surface area contributed by atoms with Crippen LogP contribution in [0.3, 0.4) is 0 Å². The van der Waals surface area contributed by atoms with E-state index < -0.39 is 0 Å². The molecule has 114 valence electrons. The molecule has 1 aromatic heterocycles. The first-order chi connectivity index (χ1) is 10.2. The Balaban J connectivity index is 1.74. The van der Waals surface area contributed by atoms with E-state index in [0.717, 1.165) is 43.9 Å². The molecule has 6 heteroatoms. The van der Waals surface area contributed by atoms with E-state index in [1.54, 1.807) is 0 Å². The molecule has 0 fully saturated rings. The van der Waals surface area contributed by atoms with Crippen LogP contribution in [-0.4, -0.2) is 34.2 Å². The number of nitrogens with two attached hydrogens (primary N) is 1. The zero-order valence-electron chi connectivity index (χ0n) is 12.5. The number of rotatable bonds is 5. The summed E-state index contributed by atoms with van der Waals surface area (Å²) >= 11 is 0. The standard InChI is InChI=1S/C15H24N6/c1-15(6-2-3-7-15)20-14-11-12(17-9-4-8-16)19-13-5-10-18-21(13)14/h2-3,5,10,14,20H,4,6-9,11,16H2,1H3,(H,17,19). The molecule has 1 aliphatic carbocycles. The average molecular weight is 288 g/mol. The lowest BCUT2D eigenvalue weighted by Crippen LogP contribution is -2.47. The van der Waals surface area contributed by atoms with E-state index >= 15 is 0 Å². The van der Waals surface area contributed by atoms with Gasteiger partial charge in [-0.15, -0.1) is 0 Å². The molecule has 0 bridgehead atoms. The van der Waals surface area contributed by atoms with Gasteiger partial charge in [0.1, 0.15) is 17.8 Å². The highest BCUT2D eigenvalue weighted by Crippen LogP contribution is 2.29. The molecule has 2 heterocycles. The third kappa shape index (κ3) is 3.16. The fraction of sp³-hybridized carbons (Fsp3) is 0.600. The van der Waals surface area contributed by atoms with Crippen molar-refractivity contribution in [1.82, 2.24) is 15.1 Å². The van der Waals surface area contributed by atoms with Crippen LogP contribution in [0, 0.1) is 0 Å². The molecule has 1 atom stereocenters. The van der Waals surface area contributed by atoms with E-state index in [1.165, 1.54) is 0 Å². The predicted octanol–water partition coefficient (Wildman–Crippen LogP) is 1.64. The zero-order valence-corrected chi connectivity index (χ0v) is 12.5. The Hall–Kier alpha value is -1.66. The molecule has 1 unspecified atom stereocenters. The quantitative estimate of drug-likeness (QED) is 0.568. The van der Waals surface area contributed by atoms with Crippen molar-refractivity contribution in [3.63, 3.8) is 0 Å². The monoisotopic (exact) mass is 288 g/mol. The third-order valence-electron chi connectivity index (χ3n) is 4.11. The maximum atomic E-state index is 5.53. The van der Waals surface area contributed by atoms with Gasteiger partial charge in [-0.25, -0.2) is 4.68 Å². The summed E-state index contributed by atoms with van der Waals surface area (Å²) in [5.41, 5.74) is 5.65. The number of hydrogen-bond donors (Lipinski definition) is 3. The van der Waals surface area contributed by atoms with Gasteiger partial charge in [-0.05, 0) is 32.7 Å². The second-order valence-corrected chi connectivity index (χ2v) is 6.06. The van der Waals surface area contributed by atoms with Gasteiger partial charge in [0, 0.05) is 24.6 Å². The molecule has 4 N–H and O–H groups in total. The molecular weight excluding hydrogens is 264 g/mol. The first-order valence-electron chi connectivity index (χ1n) is 7.67. The Labute approximate surface area is 125 Å². The molecule has 0 spiro atoms. The Morgan fingerprint density at radius 1 is 1.52 bits per heavy atom. The molecule has 0 saturated carbocycles. The van der Waals surface area contributed by atoms with Crippen LogP contribution < -0.4 is 16.4 Å². The molecule has 21 heavy (non-hydrogen) atoms. The van der Waals surface area contributed by atoms with Gasteiger partial charge in [-0.2, -0.15) is 5.10 Å². The van der Waals surface area contributed by atoms with Crippen LogP contribution in [0.4, 0.5) is 5.82 Å². The molecule has 0 radical (unpaired) electrons. The highest BCUT2D eigenvalue weighted by atomic mass is 15.4. The van der Waals surface area contributed by atoms with Crippen molar-refractivity contribution in [3.05, 3.63) is 24.4 Å². The highest BCUT2D eigenvalue weighted by Gasteiger charge is 2.32. The maximum Gasteiger partial charge on any atom is 0.131 e. The van der Waals surface area contributed by atoms with Gasteiger partial charge < -0.3 is 11.1 Å². The molecule has 6 nitrogen and oxygen atoms in total. The highest BCUT2D eigenvalue weighted by molar-refractivity contribution is 5.96. The summed E-state index contributed by atoms with van der Waals surface area (Å²) in [5, 5.41) is 11.5. The number of hydrogen-bond acceptors (Lipinski definition) is 4. The number of nitrogens with one attached hydrogen (secondary N) is 2. The van der Waals surface area contributed by atoms with Gasteiger partial charge in [0.15, 0.2) is 0 Å². The number of amidine groups is 1. The fourth-order valence-electron chi connectivity index (χ4n) is 2.94. The van der Waals surface area contributed by atoms with Crippen LogP contribution in [0.15, 0.2) is 29.4 Å². The molecule has 0 aromatic carbocycles. The second kappa shape index (κ2) is 5.99. The summed E-state index contributed by atoms with van der Waals surface area (Å²) in [6, 6.07) is 1.99. The lowest BCUT2D eigenvalue weighted by Gasteiger charge is -2.35. The maximum absolute atomic E-state index is 5.53. The third-order valence-corrected chi connectivity index (χ3v) is 4.11.